The van der Waals surface area contributed by atoms with Gasteiger partial charge in [0.05, 0.1) is 6.61 Å². The fraction of sp³-hybridized carbons (Fsp3) is 0.720. The van der Waals surface area contributed by atoms with Crippen LogP contribution in [0.25, 0.3) is 0 Å². The summed E-state index contributed by atoms with van der Waals surface area (Å²) in [6.07, 6.45) is 11.9. The molecule has 4 rings (SSSR count). The van der Waals surface area contributed by atoms with Crippen LogP contribution in [-0.2, 0) is 32.7 Å². The van der Waals surface area contributed by atoms with E-state index in [0.29, 0.717) is 18.4 Å². The van der Waals surface area contributed by atoms with Crippen LogP contribution in [-0.4, -0.2) is 18.5 Å². The summed E-state index contributed by atoms with van der Waals surface area (Å²) < 4.78 is 7.28. The fourth-order valence-corrected chi connectivity index (χ4v) is 7.76. The van der Waals surface area contributed by atoms with Crippen molar-refractivity contribution in [1.82, 2.24) is 0 Å². The fourth-order valence-electron chi connectivity index (χ4n) is 7.76. The molecule has 0 radical (unpaired) electrons. The van der Waals surface area contributed by atoms with Crippen molar-refractivity contribution in [1.29, 1.82) is 0 Å². The number of carboxylic acid groups (broad SMARTS) is 1. The first-order chi connectivity index (χ1) is 14.1. The molecule has 1 aromatic rings. The van der Waals surface area contributed by atoms with Gasteiger partial charge in [-0.15, -0.1) is 0 Å². The summed E-state index contributed by atoms with van der Waals surface area (Å²) in [5.74, 6) is -0.0857. The molecule has 5 heteroatoms. The first-order valence-electron chi connectivity index (χ1n) is 11.4. The van der Waals surface area contributed by atoms with Crippen molar-refractivity contribution in [2.24, 2.45) is 22.7 Å². The first kappa shape index (κ1) is 21.3. The van der Waals surface area contributed by atoms with Crippen molar-refractivity contribution >= 4 is 11.9 Å². The Bertz CT molecular complexity index is 867. The van der Waals surface area contributed by atoms with Gasteiger partial charge in [0.1, 0.15) is 5.97 Å². The number of fused-ring (bicyclic) bond motifs is 5. The second-order valence-electron chi connectivity index (χ2n) is 10.8. The van der Waals surface area contributed by atoms with Crippen LogP contribution in [0.15, 0.2) is 18.5 Å². The minimum absolute atomic E-state index is 0.0501. The zero-order valence-corrected chi connectivity index (χ0v) is 18.8. The Hall–Kier alpha value is -1.91. The number of carbonyl (C=O) groups excluding carboxylic acids is 2. The highest BCUT2D eigenvalue weighted by molar-refractivity contribution is 5.65. The molecule has 3 aliphatic carbocycles. The van der Waals surface area contributed by atoms with Crippen molar-refractivity contribution in [3.8, 4) is 0 Å². The monoisotopic (exact) mass is 413 g/mol. The van der Waals surface area contributed by atoms with Gasteiger partial charge in [-0.1, -0.05) is 27.2 Å². The van der Waals surface area contributed by atoms with Crippen molar-refractivity contribution in [3.05, 3.63) is 29.6 Å². The molecule has 5 nitrogen and oxygen atoms in total. The van der Waals surface area contributed by atoms with Crippen LogP contribution in [0.3, 0.4) is 0 Å². The number of esters is 1. The molecule has 2 fully saturated rings. The maximum absolute atomic E-state index is 11.5. The van der Waals surface area contributed by atoms with Gasteiger partial charge < -0.3 is 14.6 Å². The van der Waals surface area contributed by atoms with Crippen LogP contribution in [0.2, 0.25) is 0 Å². The van der Waals surface area contributed by atoms with Crippen LogP contribution >= 0.6 is 0 Å². The van der Waals surface area contributed by atoms with E-state index >= 15 is 0 Å². The van der Waals surface area contributed by atoms with Crippen molar-refractivity contribution in [3.63, 3.8) is 0 Å². The zero-order valence-electron chi connectivity index (χ0n) is 18.8. The Balaban J connectivity index is 1.66. The number of nitrogens with zero attached hydrogens (tertiary/aromatic N) is 1. The van der Waals surface area contributed by atoms with E-state index in [1.54, 1.807) is 4.57 Å². The maximum Gasteiger partial charge on any atom is 0.302 e. The van der Waals surface area contributed by atoms with E-state index in [4.69, 9.17) is 4.74 Å². The first-order valence-corrected chi connectivity index (χ1v) is 11.4. The van der Waals surface area contributed by atoms with Gasteiger partial charge in [-0.25, -0.2) is 0 Å². The van der Waals surface area contributed by atoms with E-state index in [2.05, 4.69) is 26.8 Å². The molecule has 2 saturated carbocycles. The lowest BCUT2D eigenvalue weighted by Crippen LogP contribution is -2.59. The smallest absolute Gasteiger partial charge is 0.302 e. The van der Waals surface area contributed by atoms with E-state index < -0.39 is 5.97 Å². The highest BCUT2D eigenvalue weighted by Gasteiger charge is 2.61. The maximum atomic E-state index is 11.5. The second-order valence-corrected chi connectivity index (χ2v) is 10.8. The number of rotatable bonds is 4. The third kappa shape index (κ3) is 3.34. The summed E-state index contributed by atoms with van der Waals surface area (Å²) in [6, 6.07) is 2.16. The number of aliphatic carboxylic acids is 1. The molecule has 1 aromatic heterocycles. The molecule has 164 valence electrons. The van der Waals surface area contributed by atoms with Crippen LogP contribution in [0, 0.1) is 22.7 Å². The number of pyridine rings is 1. The SMILES string of the molecule is CC(=O)OC[C@@]1(C)CCC[C@@]2(C)C1CC[C@@]1(C)c3cc[n+](CC(=O)[O-])cc3CCC21. The molecule has 5 atom stereocenters. The Kier molecular flexibility index (Phi) is 5.22. The molecular weight excluding hydrogens is 378 g/mol. The Labute approximate surface area is 179 Å². The van der Waals surface area contributed by atoms with Gasteiger partial charge in [-0.3, -0.25) is 4.79 Å². The molecule has 0 aromatic carbocycles. The largest absolute Gasteiger partial charge is 0.544 e. The van der Waals surface area contributed by atoms with Gasteiger partial charge in [0, 0.05) is 24.0 Å². The van der Waals surface area contributed by atoms with Gasteiger partial charge in [-0.2, -0.15) is 4.57 Å². The predicted octanol–water partition coefficient (Wildman–Crippen LogP) is 2.71. The van der Waals surface area contributed by atoms with Gasteiger partial charge in [-0.05, 0) is 66.8 Å². The van der Waals surface area contributed by atoms with Crippen LogP contribution < -0.4 is 9.67 Å². The summed E-state index contributed by atoms with van der Waals surface area (Å²) in [7, 11) is 0. The minimum atomic E-state index is -1.05. The number of ether oxygens (including phenoxy) is 1. The molecule has 0 spiro atoms. The number of hydrogen-bond donors (Lipinski definition) is 0. The number of aryl methyl sites for hydroxylation is 1. The summed E-state index contributed by atoms with van der Waals surface area (Å²) in [5, 5.41) is 11.0. The summed E-state index contributed by atoms with van der Waals surface area (Å²) >= 11 is 0. The number of hydrogen-bond acceptors (Lipinski definition) is 4. The molecule has 1 heterocycles. The Morgan fingerprint density at radius 3 is 2.63 bits per heavy atom. The van der Waals surface area contributed by atoms with E-state index in [-0.39, 0.29) is 28.8 Å². The molecule has 0 amide bonds. The van der Waals surface area contributed by atoms with Crippen molar-refractivity contribution in [2.75, 3.05) is 6.61 Å². The minimum Gasteiger partial charge on any atom is -0.544 e. The Morgan fingerprint density at radius 2 is 1.93 bits per heavy atom. The quantitative estimate of drug-likeness (QED) is 0.562. The standard InChI is InChI=1S/C25H35NO4/c1-17(27)30-16-23(2)10-5-11-25(4)20(23)8-12-24(3)19-9-13-26(15-22(28)29)14-18(19)6-7-21(24)25/h9,13-14,20-21H,5-8,10-12,15-16H2,1-4H3/t20?,21?,23-,24+,25+/m1/s1. The Morgan fingerprint density at radius 1 is 1.17 bits per heavy atom. The van der Waals surface area contributed by atoms with Gasteiger partial charge in [0.25, 0.3) is 0 Å². The van der Waals surface area contributed by atoms with Crippen LogP contribution in [0.5, 0.6) is 0 Å². The van der Waals surface area contributed by atoms with Crippen molar-refractivity contribution < 1.29 is 24.0 Å². The second kappa shape index (κ2) is 7.35. The topological polar surface area (TPSA) is 70.3 Å². The van der Waals surface area contributed by atoms with Crippen LogP contribution in [0.4, 0.5) is 0 Å². The highest BCUT2D eigenvalue weighted by atomic mass is 16.5. The molecular formula is C25H35NO4. The number of carbonyl (C=O) groups is 2. The molecule has 0 saturated heterocycles. The molecule has 0 bridgehead atoms. The summed E-state index contributed by atoms with van der Waals surface area (Å²) in [4.78, 5) is 22.5. The van der Waals surface area contributed by atoms with E-state index in [1.807, 2.05) is 12.4 Å². The molecule has 30 heavy (non-hydrogen) atoms. The normalized spacial score (nSPS) is 37.5. The lowest BCUT2D eigenvalue weighted by atomic mass is 9.40. The van der Waals surface area contributed by atoms with Gasteiger partial charge in [0.15, 0.2) is 18.9 Å². The molecule has 0 aliphatic heterocycles. The summed E-state index contributed by atoms with van der Waals surface area (Å²) in [6.45, 7) is 9.20. The predicted molar refractivity (Wildman–Crippen MR) is 110 cm³/mol. The molecule has 2 unspecified atom stereocenters. The van der Waals surface area contributed by atoms with E-state index in [0.717, 1.165) is 32.1 Å². The lowest BCUT2D eigenvalue weighted by molar-refractivity contribution is -0.691. The lowest BCUT2D eigenvalue weighted by Gasteiger charge is -2.64. The average molecular weight is 414 g/mol. The van der Waals surface area contributed by atoms with Gasteiger partial charge >= 0.3 is 5.97 Å². The zero-order chi connectivity index (χ0) is 21.7. The highest BCUT2D eigenvalue weighted by Crippen LogP contribution is 2.66. The van der Waals surface area contributed by atoms with E-state index in [9.17, 15) is 14.7 Å². The van der Waals surface area contributed by atoms with Crippen LogP contribution in [0.1, 0.15) is 77.3 Å². The van der Waals surface area contributed by atoms with Crippen molar-refractivity contribution in [2.45, 2.75) is 84.6 Å². The molecule has 3 aliphatic rings. The van der Waals surface area contributed by atoms with Gasteiger partial charge in [0.2, 0.25) is 0 Å². The molecule has 0 N–H and O–H groups in total. The average Bonchev–Trinajstić information content (AvgIpc) is 2.65. The third-order valence-corrected chi connectivity index (χ3v) is 8.95. The number of aromatic nitrogens is 1. The summed E-state index contributed by atoms with van der Waals surface area (Å²) in [5.41, 5.74) is 3.08. The third-order valence-electron chi connectivity index (χ3n) is 8.95. The number of carboxylic acids is 1. The van der Waals surface area contributed by atoms with E-state index in [1.165, 1.54) is 30.9 Å².